The summed E-state index contributed by atoms with van der Waals surface area (Å²) in [4.78, 5) is 20.9. The van der Waals surface area contributed by atoms with Gasteiger partial charge in [0.1, 0.15) is 35.1 Å². The molecule has 0 aliphatic carbocycles. The number of furan rings is 1. The number of carboxylic acids is 1. The molecule has 172 valence electrons. The van der Waals surface area contributed by atoms with Gasteiger partial charge in [-0.25, -0.2) is 19.2 Å². The topological polar surface area (TPSA) is 97.5 Å². The molecular weight excluding hydrogens is 445 g/mol. The van der Waals surface area contributed by atoms with E-state index in [1.165, 1.54) is 18.5 Å². The Morgan fingerprint density at radius 2 is 2.06 bits per heavy atom. The number of benzene rings is 1. The Bertz CT molecular complexity index is 1310. The molecular formula is C24H24FN3O4S. The number of fused-ring (bicyclic) bond motifs is 1. The smallest absolute Gasteiger partial charge is 0.349 e. The number of carbonyl (C=O) groups is 1. The molecule has 0 spiro atoms. The summed E-state index contributed by atoms with van der Waals surface area (Å²) in [5, 5.41) is 13.5. The molecule has 9 heteroatoms. The second-order valence-electron chi connectivity index (χ2n) is 7.46. The first-order chi connectivity index (χ1) is 15.9. The zero-order valence-electron chi connectivity index (χ0n) is 18.6. The van der Waals surface area contributed by atoms with Crippen molar-refractivity contribution < 1.29 is 23.4 Å². The highest BCUT2D eigenvalue weighted by Crippen LogP contribution is 2.36. The third kappa shape index (κ3) is 4.68. The van der Waals surface area contributed by atoms with E-state index in [0.717, 1.165) is 45.6 Å². The van der Waals surface area contributed by atoms with E-state index in [2.05, 4.69) is 15.3 Å². The van der Waals surface area contributed by atoms with Crippen LogP contribution >= 0.6 is 11.3 Å². The first kappa shape index (κ1) is 22.7. The first-order valence-electron chi connectivity index (χ1n) is 10.7. The maximum atomic E-state index is 14.0. The Kier molecular flexibility index (Phi) is 6.60. The average Bonchev–Trinajstić information content (AvgIpc) is 3.36. The van der Waals surface area contributed by atoms with E-state index < -0.39 is 5.97 Å². The molecule has 1 aromatic carbocycles. The SMILES string of the molecule is CCOc1cc(-c2cc(NCCc3c(CC)oc4c(C)cc(F)cc34)ncn2)sc1C(=O)O. The minimum atomic E-state index is -1.03. The molecule has 7 nitrogen and oxygen atoms in total. The molecule has 0 fully saturated rings. The maximum Gasteiger partial charge on any atom is 0.349 e. The summed E-state index contributed by atoms with van der Waals surface area (Å²) in [6, 6.07) is 6.46. The molecule has 3 heterocycles. The number of nitrogens with zero attached hydrogens (tertiary/aromatic N) is 2. The number of anilines is 1. The van der Waals surface area contributed by atoms with Crippen LogP contribution in [0.4, 0.5) is 10.2 Å². The lowest BCUT2D eigenvalue weighted by Crippen LogP contribution is -2.07. The van der Waals surface area contributed by atoms with Crippen LogP contribution < -0.4 is 10.1 Å². The van der Waals surface area contributed by atoms with E-state index in [9.17, 15) is 14.3 Å². The van der Waals surface area contributed by atoms with Crippen molar-refractivity contribution in [2.24, 2.45) is 0 Å². The number of rotatable bonds is 9. The third-order valence-electron chi connectivity index (χ3n) is 5.24. The summed E-state index contributed by atoms with van der Waals surface area (Å²) in [6.45, 7) is 6.59. The minimum absolute atomic E-state index is 0.140. The lowest BCUT2D eigenvalue weighted by Gasteiger charge is -2.07. The predicted molar refractivity (Wildman–Crippen MR) is 126 cm³/mol. The number of nitrogens with one attached hydrogen (secondary N) is 1. The summed E-state index contributed by atoms with van der Waals surface area (Å²) in [6.07, 6.45) is 2.78. The van der Waals surface area contributed by atoms with E-state index in [1.54, 1.807) is 19.1 Å². The molecule has 0 unspecified atom stereocenters. The maximum absolute atomic E-state index is 14.0. The van der Waals surface area contributed by atoms with Crippen molar-refractivity contribution in [1.82, 2.24) is 9.97 Å². The summed E-state index contributed by atoms with van der Waals surface area (Å²) in [7, 11) is 0. The van der Waals surface area contributed by atoms with Gasteiger partial charge in [0.15, 0.2) is 4.88 Å². The molecule has 4 aromatic rings. The molecule has 0 aliphatic heterocycles. The van der Waals surface area contributed by atoms with Gasteiger partial charge in [0.2, 0.25) is 0 Å². The van der Waals surface area contributed by atoms with Gasteiger partial charge in [-0.2, -0.15) is 0 Å². The number of thiophene rings is 1. The van der Waals surface area contributed by atoms with E-state index in [0.29, 0.717) is 41.7 Å². The molecule has 0 amide bonds. The van der Waals surface area contributed by atoms with Crippen molar-refractivity contribution in [1.29, 1.82) is 0 Å². The fraction of sp³-hybridized carbons (Fsp3) is 0.292. The number of hydrogen-bond donors (Lipinski definition) is 2. The molecule has 0 aliphatic rings. The van der Waals surface area contributed by atoms with Gasteiger partial charge < -0.3 is 19.6 Å². The van der Waals surface area contributed by atoms with Crippen LogP contribution in [0.15, 0.2) is 35.0 Å². The highest BCUT2D eigenvalue weighted by atomic mass is 32.1. The fourth-order valence-electron chi connectivity index (χ4n) is 3.80. The Morgan fingerprint density at radius 1 is 1.24 bits per heavy atom. The van der Waals surface area contributed by atoms with E-state index in [4.69, 9.17) is 9.15 Å². The van der Waals surface area contributed by atoms with Gasteiger partial charge in [-0.05, 0) is 38.0 Å². The number of aromatic carboxylic acids is 1. The van der Waals surface area contributed by atoms with Gasteiger partial charge in [-0.3, -0.25) is 0 Å². The molecule has 0 saturated heterocycles. The minimum Gasteiger partial charge on any atom is -0.492 e. The second-order valence-corrected chi connectivity index (χ2v) is 8.52. The summed E-state index contributed by atoms with van der Waals surface area (Å²) in [5.74, 6) is 0.484. The van der Waals surface area contributed by atoms with Crippen molar-refractivity contribution in [2.45, 2.75) is 33.6 Å². The Morgan fingerprint density at radius 3 is 2.79 bits per heavy atom. The normalized spacial score (nSPS) is 11.2. The van der Waals surface area contributed by atoms with Gasteiger partial charge in [0.05, 0.1) is 17.2 Å². The molecule has 0 saturated carbocycles. The van der Waals surface area contributed by atoms with Crippen LogP contribution in [0.5, 0.6) is 5.75 Å². The van der Waals surface area contributed by atoms with Crippen LogP contribution in [0.3, 0.4) is 0 Å². The molecule has 0 bridgehead atoms. The van der Waals surface area contributed by atoms with Gasteiger partial charge in [-0.1, -0.05) is 6.92 Å². The number of aromatic nitrogens is 2. The first-order valence-corrected chi connectivity index (χ1v) is 11.5. The zero-order chi connectivity index (χ0) is 23.5. The van der Waals surface area contributed by atoms with E-state index in [-0.39, 0.29) is 10.7 Å². The third-order valence-corrected chi connectivity index (χ3v) is 6.37. The van der Waals surface area contributed by atoms with Crippen molar-refractivity contribution in [3.8, 4) is 16.3 Å². The summed E-state index contributed by atoms with van der Waals surface area (Å²) < 4.78 is 25.4. The lowest BCUT2D eigenvalue weighted by molar-refractivity contribution is 0.0698. The number of aryl methyl sites for hydroxylation is 2. The van der Waals surface area contributed by atoms with Crippen molar-refractivity contribution >= 4 is 34.1 Å². The fourth-order valence-corrected chi connectivity index (χ4v) is 4.71. The standard InChI is InChI=1S/C24H24FN3O4S/c1-4-18-15(16-9-14(25)8-13(3)22(16)32-18)6-7-26-21-10-17(27-12-28-21)20-11-19(31-5-2)23(33-20)24(29)30/h8-12H,4-7H2,1-3H3,(H,29,30)(H,26,27,28). The van der Waals surface area contributed by atoms with Gasteiger partial charge in [-0.15, -0.1) is 11.3 Å². The summed E-state index contributed by atoms with van der Waals surface area (Å²) >= 11 is 1.11. The Hall–Kier alpha value is -3.46. The van der Waals surface area contributed by atoms with Crippen molar-refractivity contribution in [3.63, 3.8) is 0 Å². The predicted octanol–water partition coefficient (Wildman–Crippen LogP) is 5.71. The van der Waals surface area contributed by atoms with E-state index >= 15 is 0 Å². The molecule has 4 rings (SSSR count). The van der Waals surface area contributed by atoms with Gasteiger partial charge in [0, 0.05) is 36.0 Å². The summed E-state index contributed by atoms with van der Waals surface area (Å²) in [5.41, 5.74) is 3.10. The average molecular weight is 470 g/mol. The van der Waals surface area contributed by atoms with Crippen molar-refractivity contribution in [2.75, 3.05) is 18.5 Å². The second kappa shape index (κ2) is 9.58. The Labute approximate surface area is 194 Å². The zero-order valence-corrected chi connectivity index (χ0v) is 19.4. The van der Waals surface area contributed by atoms with Crippen LogP contribution in [-0.2, 0) is 12.8 Å². The van der Waals surface area contributed by atoms with Crippen LogP contribution in [0.25, 0.3) is 21.5 Å². The molecule has 3 aromatic heterocycles. The molecule has 0 atom stereocenters. The van der Waals surface area contributed by atoms with Gasteiger partial charge in [0.25, 0.3) is 0 Å². The number of carboxylic acid groups (broad SMARTS) is 1. The highest BCUT2D eigenvalue weighted by molar-refractivity contribution is 7.17. The number of halogens is 1. The van der Waals surface area contributed by atoms with Crippen molar-refractivity contribution in [3.05, 3.63) is 58.2 Å². The number of ether oxygens (including phenoxy) is 1. The lowest BCUT2D eigenvalue weighted by atomic mass is 10.0. The highest BCUT2D eigenvalue weighted by Gasteiger charge is 2.19. The molecule has 0 radical (unpaired) electrons. The van der Waals surface area contributed by atoms with Gasteiger partial charge >= 0.3 is 5.97 Å². The van der Waals surface area contributed by atoms with Crippen LogP contribution in [0.1, 0.15) is 40.4 Å². The molecule has 33 heavy (non-hydrogen) atoms. The largest absolute Gasteiger partial charge is 0.492 e. The van der Waals surface area contributed by atoms with Crippen LogP contribution in [-0.4, -0.2) is 34.2 Å². The van der Waals surface area contributed by atoms with Crippen LogP contribution in [0, 0.1) is 12.7 Å². The monoisotopic (exact) mass is 469 g/mol. The van der Waals surface area contributed by atoms with E-state index in [1.807, 2.05) is 13.8 Å². The Balaban J connectivity index is 1.53. The molecule has 2 N–H and O–H groups in total. The van der Waals surface area contributed by atoms with Crippen LogP contribution in [0.2, 0.25) is 0 Å². The quantitative estimate of drug-likeness (QED) is 0.324. The number of hydrogen-bond acceptors (Lipinski definition) is 7.